The van der Waals surface area contributed by atoms with Crippen LogP contribution in [0.25, 0.3) is 0 Å². The lowest BCUT2D eigenvalue weighted by Crippen LogP contribution is -2.67. The number of ether oxygens (including phenoxy) is 5. The number of carbonyl (C=O) groups is 4. The minimum Gasteiger partial charge on any atom is -0.493 e. The largest absolute Gasteiger partial charge is 0.493 e. The minimum atomic E-state index is -1.57. The molecule has 4 aliphatic rings. The third-order valence-electron chi connectivity index (χ3n) is 9.43. The summed E-state index contributed by atoms with van der Waals surface area (Å²) in [5.74, 6) is -2.51. The average molecular weight is 607 g/mol. The molecule has 11 heteroatoms. The first kappa shape index (κ1) is 29.7. The molecule has 0 saturated heterocycles. The number of hydrogen-bond acceptors (Lipinski definition) is 10. The lowest BCUT2D eigenvalue weighted by molar-refractivity contribution is -0.176. The Morgan fingerprint density at radius 1 is 1.05 bits per heavy atom. The first-order chi connectivity index (χ1) is 21.1. The first-order valence-corrected chi connectivity index (χ1v) is 14.8. The molecule has 2 bridgehead atoms. The minimum absolute atomic E-state index is 0.0459. The van der Waals surface area contributed by atoms with Gasteiger partial charge < -0.3 is 33.9 Å². The number of carboxylic acid groups (broad SMARTS) is 1. The molecule has 3 aliphatic carbocycles. The summed E-state index contributed by atoms with van der Waals surface area (Å²) >= 11 is 0. The molecule has 1 heterocycles. The Morgan fingerprint density at radius 3 is 2.52 bits per heavy atom. The highest BCUT2D eigenvalue weighted by Crippen LogP contribution is 2.67. The SMILES string of the molecule is COc1ccc2c3c1O[C@@H]1C(OC(=O)CCC(=O)O[C@@H](C)C(=O)O[C@H](C(=O)O)c4ccccc4)=CC[C@]4(O)[C@@H](CCC[C@@]314)C2. The van der Waals surface area contributed by atoms with Gasteiger partial charge in [0, 0.05) is 11.1 Å². The van der Waals surface area contributed by atoms with Gasteiger partial charge >= 0.3 is 23.9 Å². The fourth-order valence-electron chi connectivity index (χ4n) is 7.47. The Kier molecular flexibility index (Phi) is 7.61. The lowest BCUT2D eigenvalue weighted by Gasteiger charge is -2.59. The van der Waals surface area contributed by atoms with Crippen molar-refractivity contribution in [2.45, 2.75) is 81.2 Å². The van der Waals surface area contributed by atoms with Crippen LogP contribution in [0.3, 0.4) is 0 Å². The molecule has 232 valence electrons. The number of aliphatic hydroxyl groups is 1. The zero-order chi connectivity index (χ0) is 31.2. The highest BCUT2D eigenvalue weighted by Gasteiger charge is 2.70. The molecule has 6 rings (SSSR count). The second-order valence-electron chi connectivity index (χ2n) is 11.8. The Bertz CT molecular complexity index is 1530. The van der Waals surface area contributed by atoms with E-state index in [0.29, 0.717) is 24.3 Å². The van der Waals surface area contributed by atoms with Gasteiger partial charge in [0.25, 0.3) is 0 Å². The molecule has 2 aromatic rings. The van der Waals surface area contributed by atoms with Crippen molar-refractivity contribution in [2.75, 3.05) is 7.11 Å². The van der Waals surface area contributed by atoms with Crippen molar-refractivity contribution in [3.8, 4) is 11.5 Å². The highest BCUT2D eigenvalue weighted by atomic mass is 16.6. The Morgan fingerprint density at radius 2 is 1.80 bits per heavy atom. The summed E-state index contributed by atoms with van der Waals surface area (Å²) < 4.78 is 28.0. The number of rotatable bonds is 10. The molecule has 2 aromatic carbocycles. The summed E-state index contributed by atoms with van der Waals surface area (Å²) in [6.45, 7) is 1.26. The smallest absolute Gasteiger partial charge is 0.349 e. The van der Waals surface area contributed by atoms with E-state index in [1.165, 1.54) is 19.1 Å². The van der Waals surface area contributed by atoms with Gasteiger partial charge in [0.05, 0.1) is 31.0 Å². The maximum Gasteiger partial charge on any atom is 0.349 e. The molecule has 6 atom stereocenters. The molecule has 1 spiro atoms. The second kappa shape index (κ2) is 11.3. The van der Waals surface area contributed by atoms with E-state index in [4.69, 9.17) is 23.7 Å². The molecule has 0 aromatic heterocycles. The van der Waals surface area contributed by atoms with Gasteiger partial charge in [0.1, 0.15) is 5.76 Å². The molecule has 44 heavy (non-hydrogen) atoms. The van der Waals surface area contributed by atoms with Gasteiger partial charge in [-0.05, 0) is 56.2 Å². The zero-order valence-corrected chi connectivity index (χ0v) is 24.4. The maximum atomic E-state index is 12.9. The van der Waals surface area contributed by atoms with E-state index in [9.17, 15) is 29.4 Å². The van der Waals surface area contributed by atoms with Gasteiger partial charge in [0.2, 0.25) is 6.10 Å². The highest BCUT2D eigenvalue weighted by molar-refractivity contribution is 5.84. The third-order valence-corrected chi connectivity index (χ3v) is 9.43. The monoisotopic (exact) mass is 606 g/mol. The first-order valence-electron chi connectivity index (χ1n) is 14.8. The van der Waals surface area contributed by atoms with Crippen LogP contribution >= 0.6 is 0 Å². The number of carbonyl (C=O) groups excluding carboxylic acids is 3. The van der Waals surface area contributed by atoms with Crippen molar-refractivity contribution >= 4 is 23.9 Å². The van der Waals surface area contributed by atoms with Crippen molar-refractivity contribution < 1.29 is 53.1 Å². The summed E-state index contributed by atoms with van der Waals surface area (Å²) in [5.41, 5.74) is 0.471. The molecule has 0 radical (unpaired) electrons. The number of carboxylic acids is 1. The van der Waals surface area contributed by atoms with Crippen LogP contribution < -0.4 is 9.47 Å². The molecule has 1 aliphatic heterocycles. The van der Waals surface area contributed by atoms with Crippen LogP contribution in [0.4, 0.5) is 0 Å². The van der Waals surface area contributed by atoms with Gasteiger partial charge in [-0.25, -0.2) is 9.59 Å². The molecule has 1 fully saturated rings. The Balaban J connectivity index is 1.09. The van der Waals surface area contributed by atoms with Crippen molar-refractivity contribution in [1.82, 2.24) is 0 Å². The molecule has 2 N–H and O–H groups in total. The van der Waals surface area contributed by atoms with Crippen molar-refractivity contribution in [2.24, 2.45) is 5.92 Å². The van der Waals surface area contributed by atoms with Crippen LogP contribution in [0.1, 0.15) is 68.2 Å². The van der Waals surface area contributed by atoms with Crippen LogP contribution in [-0.2, 0) is 45.2 Å². The number of methoxy groups -OCH3 is 1. The molecule has 1 saturated carbocycles. The van der Waals surface area contributed by atoms with Crippen molar-refractivity contribution in [1.29, 1.82) is 0 Å². The fourth-order valence-corrected chi connectivity index (χ4v) is 7.47. The van der Waals surface area contributed by atoms with E-state index in [-0.39, 0.29) is 30.1 Å². The van der Waals surface area contributed by atoms with Gasteiger partial charge in [-0.3, -0.25) is 9.59 Å². The van der Waals surface area contributed by atoms with Crippen molar-refractivity contribution in [3.63, 3.8) is 0 Å². The summed E-state index contributed by atoms with van der Waals surface area (Å²) in [6, 6.07) is 11.8. The number of esters is 3. The maximum absolute atomic E-state index is 12.9. The molecular weight excluding hydrogens is 572 g/mol. The predicted molar refractivity (Wildman–Crippen MR) is 152 cm³/mol. The zero-order valence-electron chi connectivity index (χ0n) is 24.4. The Hall–Kier alpha value is -4.38. The average Bonchev–Trinajstić information content (AvgIpc) is 3.35. The third kappa shape index (κ3) is 4.70. The van der Waals surface area contributed by atoms with Crippen LogP contribution in [0, 0.1) is 5.92 Å². The van der Waals surface area contributed by atoms with Crippen LogP contribution in [0.15, 0.2) is 54.3 Å². The Labute approximate surface area is 253 Å². The standard InChI is InChI=1S/C33H34O11/c1-18(31(38)44-27(30(36)37)19-7-4-3-5-8-19)41-24(34)12-13-25(35)42-23-14-16-33(39)21-9-6-15-32(33)26-20(17-21)10-11-22(40-2)28(26)43-29(23)32/h3-5,7-8,10-11,14,18,21,27,29,39H,6,9,12-13,15-17H2,1-2H3,(H,36,37)/t18-,21-,27-,29+,32+,33-/m0/s1. The van der Waals surface area contributed by atoms with Crippen LogP contribution in [-0.4, -0.2) is 59.0 Å². The van der Waals surface area contributed by atoms with E-state index in [1.807, 2.05) is 12.1 Å². The molecule has 0 amide bonds. The van der Waals surface area contributed by atoms with E-state index in [1.54, 1.807) is 31.4 Å². The van der Waals surface area contributed by atoms with E-state index < -0.39 is 53.2 Å². The molecule has 11 nitrogen and oxygen atoms in total. The van der Waals surface area contributed by atoms with Gasteiger partial charge in [0.15, 0.2) is 23.7 Å². The molecular formula is C33H34O11. The quantitative estimate of drug-likeness (QED) is 0.301. The van der Waals surface area contributed by atoms with Crippen LogP contribution in [0.2, 0.25) is 0 Å². The van der Waals surface area contributed by atoms with Gasteiger partial charge in [-0.2, -0.15) is 0 Å². The second-order valence-corrected chi connectivity index (χ2v) is 11.8. The van der Waals surface area contributed by atoms with E-state index >= 15 is 0 Å². The molecule has 0 unspecified atom stereocenters. The van der Waals surface area contributed by atoms with Crippen molar-refractivity contribution in [3.05, 3.63) is 71.0 Å². The summed E-state index contributed by atoms with van der Waals surface area (Å²) in [6.07, 6.45) is 0.794. The van der Waals surface area contributed by atoms with Gasteiger partial charge in [-0.15, -0.1) is 0 Å². The van der Waals surface area contributed by atoms with E-state index in [2.05, 4.69) is 0 Å². The predicted octanol–water partition coefficient (Wildman–Crippen LogP) is 3.69. The summed E-state index contributed by atoms with van der Waals surface area (Å²) in [5, 5.41) is 21.6. The van der Waals surface area contributed by atoms with E-state index in [0.717, 1.165) is 30.4 Å². The lowest BCUT2D eigenvalue weighted by atomic mass is 9.47. The fraction of sp³-hybridized carbons (Fsp3) is 0.455. The van der Waals surface area contributed by atoms with Gasteiger partial charge in [-0.1, -0.05) is 42.8 Å². The number of benzene rings is 2. The number of aliphatic carboxylic acids is 1. The van der Waals surface area contributed by atoms with Crippen LogP contribution in [0.5, 0.6) is 11.5 Å². The number of hydrogen-bond donors (Lipinski definition) is 2. The summed E-state index contributed by atoms with van der Waals surface area (Å²) in [4.78, 5) is 49.5. The normalized spacial score (nSPS) is 27.0. The summed E-state index contributed by atoms with van der Waals surface area (Å²) in [7, 11) is 1.56. The topological polar surface area (TPSA) is 155 Å².